The number of hydrogen-bond donors (Lipinski definition) is 0. The second-order valence-electron chi connectivity index (χ2n) is 13.0. The van der Waals surface area contributed by atoms with E-state index in [1.165, 1.54) is 56.2 Å². The number of nitrogens with zero attached hydrogens (tertiary/aromatic N) is 4. The normalized spacial score (nSPS) is 11.8. The van der Waals surface area contributed by atoms with E-state index in [2.05, 4.69) is 133 Å². The zero-order valence-electron chi connectivity index (χ0n) is 28.0. The highest BCUT2D eigenvalue weighted by atomic mass is 32.1. The molecule has 0 spiro atoms. The van der Waals surface area contributed by atoms with Crippen LogP contribution in [0.1, 0.15) is 0 Å². The summed E-state index contributed by atoms with van der Waals surface area (Å²) in [6, 6.07) is 55.6. The molecule has 4 aromatic heterocycles. The van der Waals surface area contributed by atoms with E-state index in [-0.39, 0.29) is 0 Å². The van der Waals surface area contributed by atoms with Gasteiger partial charge in [0.2, 0.25) is 0 Å². The summed E-state index contributed by atoms with van der Waals surface area (Å²) in [6.07, 6.45) is 0. The Morgan fingerprint density at radius 1 is 0.340 bits per heavy atom. The molecule has 0 aliphatic carbocycles. The molecule has 0 N–H and O–H groups in total. The molecule has 0 amide bonds. The molecule has 0 unspecified atom stereocenters. The Morgan fingerprint density at radius 2 is 1.00 bits per heavy atom. The predicted octanol–water partition coefficient (Wildman–Crippen LogP) is 13.6. The number of fused-ring (bicyclic) bond motifs is 7. The van der Waals surface area contributed by atoms with Crippen molar-refractivity contribution in [2.24, 2.45) is 0 Å². The first kappa shape index (κ1) is 30.5. The third-order valence-corrected chi connectivity index (χ3v) is 13.2. The number of thiophene rings is 2. The summed E-state index contributed by atoms with van der Waals surface area (Å²) in [6.45, 7) is 0. The van der Waals surface area contributed by atoms with Crippen LogP contribution in [0, 0.1) is 0 Å². The minimum atomic E-state index is 0.664. The zero-order chi connectivity index (χ0) is 34.9. The Hall–Kier alpha value is -6.12. The summed E-state index contributed by atoms with van der Waals surface area (Å²) in [5, 5.41) is 5.89. The largest absolute Gasteiger partial charge is 0.236 e. The van der Waals surface area contributed by atoms with Crippen LogP contribution in [0.15, 0.2) is 158 Å². The average molecular weight is 731 g/mol. The molecule has 0 atom stereocenters. The summed E-state index contributed by atoms with van der Waals surface area (Å²) in [5.74, 6) is 2.02. The van der Waals surface area contributed by atoms with Gasteiger partial charge < -0.3 is 0 Å². The molecule has 0 radical (unpaired) electrons. The van der Waals surface area contributed by atoms with Crippen LogP contribution in [0.25, 0.3) is 106 Å². The zero-order valence-corrected chi connectivity index (χ0v) is 30.5. The van der Waals surface area contributed by atoms with Crippen molar-refractivity contribution in [1.82, 2.24) is 19.9 Å². The van der Waals surface area contributed by atoms with E-state index in [9.17, 15) is 0 Å². The van der Waals surface area contributed by atoms with E-state index in [1.807, 2.05) is 35.6 Å². The number of aromatic nitrogens is 4. The van der Waals surface area contributed by atoms with E-state index < -0.39 is 0 Å². The van der Waals surface area contributed by atoms with Crippen molar-refractivity contribution in [3.8, 4) is 55.9 Å². The molecule has 4 nitrogen and oxygen atoms in total. The smallest absolute Gasteiger partial charge is 0.165 e. The summed E-state index contributed by atoms with van der Waals surface area (Å²) >= 11 is 5.33. The molecular formula is C46H26N4S3. The second-order valence-corrected chi connectivity index (χ2v) is 16.2. The van der Waals surface area contributed by atoms with Gasteiger partial charge in [-0.05, 0) is 47.5 Å². The van der Waals surface area contributed by atoms with Gasteiger partial charge >= 0.3 is 0 Å². The van der Waals surface area contributed by atoms with Gasteiger partial charge in [0.15, 0.2) is 17.5 Å². The molecular weight excluding hydrogens is 705 g/mol. The van der Waals surface area contributed by atoms with Crippen molar-refractivity contribution in [2.75, 3.05) is 0 Å². The van der Waals surface area contributed by atoms with Crippen LogP contribution in [-0.2, 0) is 0 Å². The van der Waals surface area contributed by atoms with Gasteiger partial charge in [-0.1, -0.05) is 121 Å². The van der Waals surface area contributed by atoms with Crippen LogP contribution < -0.4 is 0 Å². The summed E-state index contributed by atoms with van der Waals surface area (Å²) in [5.41, 5.74) is 7.53. The topological polar surface area (TPSA) is 51.6 Å². The van der Waals surface area contributed by atoms with Crippen molar-refractivity contribution in [1.29, 1.82) is 0 Å². The fourth-order valence-corrected chi connectivity index (χ4v) is 10.6. The van der Waals surface area contributed by atoms with E-state index in [0.717, 1.165) is 32.8 Å². The Kier molecular flexibility index (Phi) is 7.05. The summed E-state index contributed by atoms with van der Waals surface area (Å²) in [7, 11) is 0. The van der Waals surface area contributed by atoms with Crippen LogP contribution >= 0.6 is 34.0 Å². The number of rotatable bonds is 5. The lowest BCUT2D eigenvalue weighted by Gasteiger charge is -2.10. The molecule has 7 aromatic carbocycles. The average Bonchev–Trinajstić information content (AvgIpc) is 3.94. The fourth-order valence-electron chi connectivity index (χ4n) is 7.25. The Bertz CT molecular complexity index is 3140. The van der Waals surface area contributed by atoms with Gasteiger partial charge in [-0.3, -0.25) is 0 Å². The number of para-hydroxylation sites is 1. The van der Waals surface area contributed by atoms with Gasteiger partial charge in [0.05, 0.1) is 10.2 Å². The minimum Gasteiger partial charge on any atom is -0.236 e. The lowest BCUT2D eigenvalue weighted by Crippen LogP contribution is -2.00. The van der Waals surface area contributed by atoms with Crippen molar-refractivity contribution < 1.29 is 0 Å². The number of thiazole rings is 1. The van der Waals surface area contributed by atoms with Crippen molar-refractivity contribution in [2.45, 2.75) is 0 Å². The monoisotopic (exact) mass is 730 g/mol. The molecule has 11 rings (SSSR count). The first-order chi connectivity index (χ1) is 26.2. The highest BCUT2D eigenvalue weighted by molar-refractivity contribution is 7.26. The van der Waals surface area contributed by atoms with Gasteiger partial charge in [0.1, 0.15) is 5.01 Å². The maximum absolute atomic E-state index is 5.25. The molecule has 0 saturated heterocycles. The number of benzene rings is 7. The van der Waals surface area contributed by atoms with Gasteiger partial charge in [0.25, 0.3) is 0 Å². The lowest BCUT2D eigenvalue weighted by molar-refractivity contribution is 1.08. The molecule has 0 aliphatic rings. The van der Waals surface area contributed by atoms with Gasteiger partial charge in [-0.25, -0.2) is 19.9 Å². The molecule has 0 fully saturated rings. The van der Waals surface area contributed by atoms with Crippen molar-refractivity contribution in [3.63, 3.8) is 0 Å². The Labute approximate surface area is 316 Å². The van der Waals surface area contributed by atoms with E-state index in [4.69, 9.17) is 19.9 Å². The van der Waals surface area contributed by atoms with Crippen LogP contribution in [0.4, 0.5) is 0 Å². The molecule has 0 saturated carbocycles. The standard InChI is InChI=1S/C46H26N4S3/c1-2-10-28(11-3-1)43-48-44(50-45(49-43)35-15-8-13-32-31-12-4-6-17-37(31)52-42(32)35)34-14-9-19-39-41(34)33-25-24-30(26-40(33)51-39)27-20-22-29(23-21-27)46-47-36-16-5-7-18-38(36)53-46/h1-26H. The van der Waals surface area contributed by atoms with Crippen molar-refractivity contribution in [3.05, 3.63) is 158 Å². The SMILES string of the molecule is c1ccc(-c2nc(-c3cccc4c3sc3ccccc34)nc(-c3cccc4sc5cc(-c6ccc(-c7nc8ccccc8s7)cc6)ccc5c34)n2)cc1. The molecule has 0 bridgehead atoms. The molecule has 4 heterocycles. The van der Waals surface area contributed by atoms with Crippen molar-refractivity contribution >= 4 is 84.6 Å². The van der Waals surface area contributed by atoms with Gasteiger partial charge in [0, 0.05) is 62.6 Å². The molecule has 53 heavy (non-hydrogen) atoms. The first-order valence-electron chi connectivity index (χ1n) is 17.4. The van der Waals surface area contributed by atoms with Crippen LogP contribution in [0.2, 0.25) is 0 Å². The Morgan fingerprint density at radius 3 is 1.87 bits per heavy atom. The van der Waals surface area contributed by atoms with Crippen LogP contribution in [0.5, 0.6) is 0 Å². The molecule has 7 heteroatoms. The van der Waals surface area contributed by atoms with E-state index in [1.54, 1.807) is 22.7 Å². The van der Waals surface area contributed by atoms with E-state index in [0.29, 0.717) is 17.5 Å². The highest BCUT2D eigenvalue weighted by Gasteiger charge is 2.19. The maximum Gasteiger partial charge on any atom is 0.165 e. The quantitative estimate of drug-likeness (QED) is 0.177. The van der Waals surface area contributed by atoms with Crippen LogP contribution in [0.3, 0.4) is 0 Å². The third-order valence-electron chi connectivity index (χ3n) is 9.81. The molecule has 0 aliphatic heterocycles. The predicted molar refractivity (Wildman–Crippen MR) is 226 cm³/mol. The van der Waals surface area contributed by atoms with Crippen LogP contribution in [-0.4, -0.2) is 19.9 Å². The van der Waals surface area contributed by atoms with E-state index >= 15 is 0 Å². The first-order valence-corrected chi connectivity index (χ1v) is 19.8. The number of hydrogen-bond acceptors (Lipinski definition) is 7. The molecule has 248 valence electrons. The molecule has 11 aromatic rings. The third kappa shape index (κ3) is 5.16. The van der Waals surface area contributed by atoms with Gasteiger partial charge in [-0.15, -0.1) is 34.0 Å². The Balaban J connectivity index is 1.04. The minimum absolute atomic E-state index is 0.664. The maximum atomic E-state index is 5.25. The second kappa shape index (κ2) is 12.2. The fraction of sp³-hybridized carbons (Fsp3) is 0. The summed E-state index contributed by atoms with van der Waals surface area (Å²) in [4.78, 5) is 20.4. The highest BCUT2D eigenvalue weighted by Crippen LogP contribution is 2.43. The lowest BCUT2D eigenvalue weighted by atomic mass is 10.0. The summed E-state index contributed by atoms with van der Waals surface area (Å²) < 4.78 is 6.08. The van der Waals surface area contributed by atoms with Gasteiger partial charge in [-0.2, -0.15) is 0 Å².